The topological polar surface area (TPSA) is 41.0 Å². The molecule has 172 valence electrons. The molecular weight excluding hydrogens is 418 g/mol. The molecule has 34 heavy (non-hydrogen) atoms. The maximum absolute atomic E-state index is 12.6. The van der Waals surface area contributed by atoms with E-state index in [0.29, 0.717) is 0 Å². The summed E-state index contributed by atoms with van der Waals surface area (Å²) in [5.74, 6) is 0. The number of hydrogen-bond donors (Lipinski definition) is 1. The fourth-order valence-electron chi connectivity index (χ4n) is 5.87. The maximum Gasteiger partial charge on any atom is 0.326 e. The number of aryl methyl sites for hydroxylation is 2. The van der Waals surface area contributed by atoms with Crippen molar-refractivity contribution in [1.82, 2.24) is 14.5 Å². The van der Waals surface area contributed by atoms with Crippen LogP contribution >= 0.6 is 0 Å². The summed E-state index contributed by atoms with van der Waals surface area (Å²) in [5, 5.41) is 0. The summed E-state index contributed by atoms with van der Waals surface area (Å²) in [5.41, 5.74) is 9.07. The van der Waals surface area contributed by atoms with Crippen molar-refractivity contribution in [3.8, 4) is 0 Å². The standard InChI is InChI=1S/C30H31N3O/c34-30-31-28-13-5-6-14-29(28)33(30)24-17-20-32(21-18-24)19-7-12-27-25-10-3-1-8-22(25)15-16-23-9-2-4-11-26(23)27/h1-6,8-14,24H,7,15-21H2,(H,31,34). The van der Waals surface area contributed by atoms with E-state index in [4.69, 9.17) is 0 Å². The highest BCUT2D eigenvalue weighted by molar-refractivity contribution is 5.84. The molecule has 0 unspecified atom stereocenters. The van der Waals surface area contributed by atoms with E-state index < -0.39 is 0 Å². The van der Waals surface area contributed by atoms with Gasteiger partial charge in [0, 0.05) is 25.7 Å². The largest absolute Gasteiger partial charge is 0.326 e. The lowest BCUT2D eigenvalue weighted by molar-refractivity contribution is 0.189. The Morgan fingerprint density at radius 1 is 0.824 bits per heavy atom. The molecule has 1 aliphatic carbocycles. The number of fused-ring (bicyclic) bond motifs is 3. The molecule has 1 saturated heterocycles. The van der Waals surface area contributed by atoms with E-state index in [2.05, 4.69) is 64.5 Å². The van der Waals surface area contributed by atoms with Crippen molar-refractivity contribution in [2.75, 3.05) is 19.6 Å². The molecule has 6 rings (SSSR count). The monoisotopic (exact) mass is 449 g/mol. The van der Waals surface area contributed by atoms with Crippen molar-refractivity contribution in [1.29, 1.82) is 0 Å². The maximum atomic E-state index is 12.6. The minimum Gasteiger partial charge on any atom is -0.306 e. The number of nitrogens with zero attached hydrogens (tertiary/aromatic N) is 2. The van der Waals surface area contributed by atoms with E-state index in [-0.39, 0.29) is 11.7 Å². The number of aromatic amines is 1. The van der Waals surface area contributed by atoms with Crippen LogP contribution in [0.5, 0.6) is 0 Å². The fourth-order valence-corrected chi connectivity index (χ4v) is 5.87. The number of H-pyrrole nitrogens is 1. The first-order chi connectivity index (χ1) is 16.8. The van der Waals surface area contributed by atoms with Gasteiger partial charge in [0.1, 0.15) is 0 Å². The van der Waals surface area contributed by atoms with Crippen LogP contribution in [0.3, 0.4) is 0 Å². The van der Waals surface area contributed by atoms with Crippen LogP contribution in [0.25, 0.3) is 16.6 Å². The number of rotatable bonds is 4. The number of piperidine rings is 1. The molecule has 1 N–H and O–H groups in total. The molecule has 4 aromatic rings. The van der Waals surface area contributed by atoms with Gasteiger partial charge in [0.05, 0.1) is 11.0 Å². The summed E-state index contributed by atoms with van der Waals surface area (Å²) >= 11 is 0. The first-order valence-corrected chi connectivity index (χ1v) is 12.6. The lowest BCUT2D eigenvalue weighted by atomic mass is 9.93. The van der Waals surface area contributed by atoms with E-state index in [0.717, 1.165) is 62.8 Å². The van der Waals surface area contributed by atoms with E-state index in [1.54, 1.807) is 0 Å². The number of para-hydroxylation sites is 2. The van der Waals surface area contributed by atoms with E-state index in [9.17, 15) is 4.79 Å². The zero-order valence-electron chi connectivity index (χ0n) is 19.5. The molecule has 0 saturated carbocycles. The smallest absolute Gasteiger partial charge is 0.306 e. The van der Waals surface area contributed by atoms with Crippen LogP contribution in [-0.2, 0) is 12.8 Å². The van der Waals surface area contributed by atoms with Crippen LogP contribution in [0.2, 0.25) is 0 Å². The molecule has 0 atom stereocenters. The third-order valence-electron chi connectivity index (χ3n) is 7.62. The minimum absolute atomic E-state index is 0.0232. The van der Waals surface area contributed by atoms with Crippen molar-refractivity contribution >= 4 is 16.6 Å². The lowest BCUT2D eigenvalue weighted by Gasteiger charge is -2.32. The second kappa shape index (κ2) is 9.11. The molecule has 0 bridgehead atoms. The predicted molar refractivity (Wildman–Crippen MR) is 139 cm³/mol. The molecule has 1 fully saturated rings. The van der Waals surface area contributed by atoms with Crippen molar-refractivity contribution < 1.29 is 0 Å². The van der Waals surface area contributed by atoms with Gasteiger partial charge in [-0.2, -0.15) is 0 Å². The molecule has 0 radical (unpaired) electrons. The Kier molecular flexibility index (Phi) is 5.68. The third kappa shape index (κ3) is 3.92. The van der Waals surface area contributed by atoms with Gasteiger partial charge in [-0.3, -0.25) is 4.57 Å². The van der Waals surface area contributed by atoms with Gasteiger partial charge < -0.3 is 9.88 Å². The summed E-state index contributed by atoms with van der Waals surface area (Å²) < 4.78 is 1.98. The minimum atomic E-state index is 0.0232. The molecule has 2 aliphatic rings. The predicted octanol–water partition coefficient (Wildman–Crippen LogP) is 5.59. The fraction of sp³-hybridized carbons (Fsp3) is 0.300. The van der Waals surface area contributed by atoms with Crippen LogP contribution < -0.4 is 5.69 Å². The summed E-state index contributed by atoms with van der Waals surface area (Å²) in [6.45, 7) is 3.13. The highest BCUT2D eigenvalue weighted by Gasteiger charge is 2.23. The highest BCUT2D eigenvalue weighted by Crippen LogP contribution is 2.34. The Hall–Kier alpha value is -3.37. The third-order valence-corrected chi connectivity index (χ3v) is 7.62. The SMILES string of the molecule is O=c1[nH]c2ccccc2n1C1CCN(CCC=C2c3ccccc3CCc3ccccc32)CC1. The van der Waals surface area contributed by atoms with Gasteiger partial charge in [0.2, 0.25) is 0 Å². The molecule has 4 nitrogen and oxygen atoms in total. The van der Waals surface area contributed by atoms with Gasteiger partial charge in [-0.05, 0) is 72.1 Å². The van der Waals surface area contributed by atoms with Crippen molar-refractivity contribution in [2.45, 2.75) is 38.1 Å². The Balaban J connectivity index is 1.16. The van der Waals surface area contributed by atoms with E-state index in [1.165, 1.54) is 27.8 Å². The molecule has 0 spiro atoms. The number of hydrogen-bond acceptors (Lipinski definition) is 2. The van der Waals surface area contributed by atoms with Crippen molar-refractivity contribution in [3.63, 3.8) is 0 Å². The first-order valence-electron chi connectivity index (χ1n) is 12.6. The molecule has 1 aliphatic heterocycles. The molecule has 1 aromatic heterocycles. The van der Waals surface area contributed by atoms with E-state index in [1.807, 2.05) is 28.8 Å². The number of benzene rings is 3. The van der Waals surface area contributed by atoms with Crippen LogP contribution in [0.15, 0.2) is 83.7 Å². The van der Waals surface area contributed by atoms with Gasteiger partial charge in [-0.1, -0.05) is 66.7 Å². The second-order valence-electron chi connectivity index (χ2n) is 9.61. The lowest BCUT2D eigenvalue weighted by Crippen LogP contribution is -2.37. The molecule has 2 heterocycles. The molecule has 4 heteroatoms. The zero-order chi connectivity index (χ0) is 22.9. The van der Waals surface area contributed by atoms with Crippen LogP contribution in [0.4, 0.5) is 0 Å². The zero-order valence-corrected chi connectivity index (χ0v) is 19.5. The van der Waals surface area contributed by atoms with Crippen LogP contribution in [-0.4, -0.2) is 34.1 Å². The summed E-state index contributed by atoms with van der Waals surface area (Å²) in [4.78, 5) is 18.2. The summed E-state index contributed by atoms with van der Waals surface area (Å²) in [6.07, 6.45) is 7.74. The summed E-state index contributed by atoms with van der Waals surface area (Å²) in [7, 11) is 0. The Morgan fingerprint density at radius 3 is 2.15 bits per heavy atom. The number of imidazole rings is 1. The van der Waals surface area contributed by atoms with Gasteiger partial charge in [-0.15, -0.1) is 0 Å². The van der Waals surface area contributed by atoms with Gasteiger partial charge in [0.15, 0.2) is 0 Å². The Labute approximate surface area is 200 Å². The van der Waals surface area contributed by atoms with Crippen LogP contribution in [0.1, 0.15) is 47.6 Å². The molecule has 3 aromatic carbocycles. The number of likely N-dealkylation sites (tertiary alicyclic amines) is 1. The van der Waals surface area contributed by atoms with Gasteiger partial charge in [-0.25, -0.2) is 4.79 Å². The normalized spacial score (nSPS) is 16.8. The highest BCUT2D eigenvalue weighted by atomic mass is 16.1. The molecular formula is C30H31N3O. The van der Waals surface area contributed by atoms with Gasteiger partial charge in [0.25, 0.3) is 0 Å². The average Bonchev–Trinajstić information content (AvgIpc) is 3.13. The van der Waals surface area contributed by atoms with E-state index >= 15 is 0 Å². The average molecular weight is 450 g/mol. The number of aromatic nitrogens is 2. The summed E-state index contributed by atoms with van der Waals surface area (Å²) in [6, 6.07) is 26.1. The van der Waals surface area contributed by atoms with Crippen molar-refractivity contribution in [2.24, 2.45) is 0 Å². The van der Waals surface area contributed by atoms with Crippen LogP contribution in [0, 0.1) is 0 Å². The van der Waals surface area contributed by atoms with Gasteiger partial charge >= 0.3 is 5.69 Å². The Bertz CT molecular complexity index is 1350. The second-order valence-corrected chi connectivity index (χ2v) is 9.61. The first kappa shape index (κ1) is 21.2. The quantitative estimate of drug-likeness (QED) is 0.441. The Morgan fingerprint density at radius 2 is 1.44 bits per heavy atom. The molecule has 0 amide bonds. The number of nitrogens with one attached hydrogen (secondary N) is 1. The van der Waals surface area contributed by atoms with Crippen molar-refractivity contribution in [3.05, 3.63) is 112 Å².